The first-order valence-electron chi connectivity index (χ1n) is 5.50. The van der Waals surface area contributed by atoms with Gasteiger partial charge >= 0.3 is 0 Å². The zero-order valence-electron chi connectivity index (χ0n) is 8.93. The second kappa shape index (κ2) is 4.83. The molecule has 0 radical (unpaired) electrons. The molecule has 15 heavy (non-hydrogen) atoms. The summed E-state index contributed by atoms with van der Waals surface area (Å²) in [5.74, 6) is 0. The Balaban J connectivity index is 1.80. The van der Waals surface area contributed by atoms with Crippen molar-refractivity contribution in [3.63, 3.8) is 0 Å². The number of hydrogen-bond acceptors (Lipinski definition) is 3. The van der Waals surface area contributed by atoms with Crippen LogP contribution in [0.5, 0.6) is 0 Å². The lowest BCUT2D eigenvalue weighted by molar-refractivity contribution is -0.0225. The van der Waals surface area contributed by atoms with Crippen LogP contribution in [0.1, 0.15) is 19.3 Å². The average Bonchev–Trinajstić information content (AvgIpc) is 2.60. The Morgan fingerprint density at radius 2 is 2.27 bits per heavy atom. The normalized spacial score (nSPS) is 29.5. The van der Waals surface area contributed by atoms with Crippen LogP contribution >= 0.6 is 11.6 Å². The molecule has 2 aliphatic heterocycles. The molecule has 4 heteroatoms. The summed E-state index contributed by atoms with van der Waals surface area (Å²) in [5, 5.41) is 3.90. The third-order valence-electron chi connectivity index (χ3n) is 3.17. The summed E-state index contributed by atoms with van der Waals surface area (Å²) in [5.41, 5.74) is 0.0730. The highest BCUT2D eigenvalue weighted by Crippen LogP contribution is 2.35. The fourth-order valence-electron chi connectivity index (χ4n) is 2.35. The molecule has 0 aromatic heterocycles. The van der Waals surface area contributed by atoms with Crippen molar-refractivity contribution in [3.8, 4) is 0 Å². The fourth-order valence-corrected chi connectivity index (χ4v) is 2.41. The van der Waals surface area contributed by atoms with Crippen LogP contribution in [-0.4, -0.2) is 38.0 Å². The standard InChI is InChI=1S/C11H18ClNO2/c1-9(12)7-14-10-6-11(15-8-10)2-4-13-5-3-11/h10,13H,1-8H2. The Kier molecular flexibility index (Phi) is 3.67. The van der Waals surface area contributed by atoms with E-state index in [2.05, 4.69) is 11.9 Å². The van der Waals surface area contributed by atoms with Crippen LogP contribution in [0.2, 0.25) is 0 Å². The van der Waals surface area contributed by atoms with E-state index in [9.17, 15) is 0 Å². The van der Waals surface area contributed by atoms with Gasteiger partial charge in [0.25, 0.3) is 0 Å². The van der Waals surface area contributed by atoms with Gasteiger partial charge in [-0.2, -0.15) is 0 Å². The van der Waals surface area contributed by atoms with Crippen LogP contribution in [0.4, 0.5) is 0 Å². The van der Waals surface area contributed by atoms with Crippen molar-refractivity contribution < 1.29 is 9.47 Å². The molecular formula is C11H18ClNO2. The van der Waals surface area contributed by atoms with E-state index in [0.717, 1.165) is 32.4 Å². The second-order valence-corrected chi connectivity index (χ2v) is 4.93. The first kappa shape index (κ1) is 11.4. The Bertz CT molecular complexity index is 239. The minimum Gasteiger partial charge on any atom is -0.372 e. The summed E-state index contributed by atoms with van der Waals surface area (Å²) >= 11 is 5.66. The zero-order chi connectivity index (χ0) is 10.7. The number of halogens is 1. The Morgan fingerprint density at radius 3 is 2.93 bits per heavy atom. The van der Waals surface area contributed by atoms with Gasteiger partial charge in [-0.05, 0) is 25.9 Å². The molecule has 1 spiro atoms. The Labute approximate surface area is 95.8 Å². The zero-order valence-corrected chi connectivity index (χ0v) is 9.68. The molecule has 0 aliphatic carbocycles. The molecule has 0 amide bonds. The molecule has 86 valence electrons. The molecule has 1 unspecified atom stereocenters. The minimum atomic E-state index is 0.0730. The molecule has 0 aromatic rings. The van der Waals surface area contributed by atoms with Crippen LogP contribution in [0, 0.1) is 0 Å². The van der Waals surface area contributed by atoms with Crippen LogP contribution in [0.3, 0.4) is 0 Å². The van der Waals surface area contributed by atoms with Gasteiger partial charge in [-0.3, -0.25) is 0 Å². The quantitative estimate of drug-likeness (QED) is 0.802. The first-order valence-corrected chi connectivity index (χ1v) is 5.88. The van der Waals surface area contributed by atoms with Crippen LogP contribution in [0.25, 0.3) is 0 Å². The van der Waals surface area contributed by atoms with E-state index in [-0.39, 0.29) is 11.7 Å². The van der Waals surface area contributed by atoms with Gasteiger partial charge in [-0.1, -0.05) is 18.2 Å². The molecule has 0 saturated carbocycles. The fraction of sp³-hybridized carbons (Fsp3) is 0.818. The average molecular weight is 232 g/mol. The van der Waals surface area contributed by atoms with Crippen molar-refractivity contribution in [2.24, 2.45) is 0 Å². The summed E-state index contributed by atoms with van der Waals surface area (Å²) < 4.78 is 11.5. The van der Waals surface area contributed by atoms with Gasteiger partial charge in [0.15, 0.2) is 0 Å². The van der Waals surface area contributed by atoms with E-state index in [0.29, 0.717) is 18.2 Å². The topological polar surface area (TPSA) is 30.5 Å². The highest BCUT2D eigenvalue weighted by molar-refractivity contribution is 6.29. The maximum atomic E-state index is 5.89. The molecule has 2 fully saturated rings. The molecule has 1 N–H and O–H groups in total. The smallest absolute Gasteiger partial charge is 0.0841 e. The van der Waals surface area contributed by atoms with Gasteiger partial charge in [-0.25, -0.2) is 0 Å². The lowest BCUT2D eigenvalue weighted by Crippen LogP contribution is -2.41. The third-order valence-corrected chi connectivity index (χ3v) is 3.27. The van der Waals surface area contributed by atoms with Crippen molar-refractivity contribution in [1.29, 1.82) is 0 Å². The second-order valence-electron chi connectivity index (χ2n) is 4.40. The van der Waals surface area contributed by atoms with Crippen molar-refractivity contribution in [2.45, 2.75) is 31.0 Å². The van der Waals surface area contributed by atoms with E-state index in [4.69, 9.17) is 21.1 Å². The maximum Gasteiger partial charge on any atom is 0.0841 e. The van der Waals surface area contributed by atoms with Gasteiger partial charge < -0.3 is 14.8 Å². The van der Waals surface area contributed by atoms with Crippen LogP contribution < -0.4 is 5.32 Å². The van der Waals surface area contributed by atoms with Crippen molar-refractivity contribution >= 4 is 11.6 Å². The molecular weight excluding hydrogens is 214 g/mol. The highest BCUT2D eigenvalue weighted by atomic mass is 35.5. The summed E-state index contributed by atoms with van der Waals surface area (Å²) in [6.07, 6.45) is 3.38. The highest BCUT2D eigenvalue weighted by Gasteiger charge is 2.41. The van der Waals surface area contributed by atoms with E-state index in [1.165, 1.54) is 0 Å². The molecule has 2 heterocycles. The van der Waals surface area contributed by atoms with E-state index in [1.807, 2.05) is 0 Å². The third kappa shape index (κ3) is 2.94. The largest absolute Gasteiger partial charge is 0.372 e. The Morgan fingerprint density at radius 1 is 1.53 bits per heavy atom. The Hall–Kier alpha value is -0.0900. The van der Waals surface area contributed by atoms with Gasteiger partial charge in [-0.15, -0.1) is 0 Å². The lowest BCUT2D eigenvalue weighted by Gasteiger charge is -2.32. The number of ether oxygens (including phenoxy) is 2. The van der Waals surface area contributed by atoms with Crippen molar-refractivity contribution in [2.75, 3.05) is 26.3 Å². The summed E-state index contributed by atoms with van der Waals surface area (Å²) in [6, 6.07) is 0. The van der Waals surface area contributed by atoms with Gasteiger partial charge in [0.1, 0.15) is 0 Å². The summed E-state index contributed by atoms with van der Waals surface area (Å²) in [4.78, 5) is 0. The lowest BCUT2D eigenvalue weighted by atomic mass is 9.89. The molecule has 1 atom stereocenters. The minimum absolute atomic E-state index is 0.0730. The molecule has 3 nitrogen and oxygen atoms in total. The van der Waals surface area contributed by atoms with E-state index in [1.54, 1.807) is 0 Å². The number of piperidine rings is 1. The van der Waals surface area contributed by atoms with Crippen LogP contribution in [-0.2, 0) is 9.47 Å². The molecule has 2 aliphatic rings. The van der Waals surface area contributed by atoms with E-state index < -0.39 is 0 Å². The van der Waals surface area contributed by atoms with Crippen molar-refractivity contribution in [3.05, 3.63) is 11.6 Å². The number of rotatable bonds is 3. The first-order chi connectivity index (χ1) is 7.20. The molecule has 2 saturated heterocycles. The summed E-state index contributed by atoms with van der Waals surface area (Å²) in [7, 11) is 0. The number of hydrogen-bond donors (Lipinski definition) is 1. The monoisotopic (exact) mass is 231 g/mol. The molecule has 0 aromatic carbocycles. The van der Waals surface area contributed by atoms with Gasteiger partial charge in [0.05, 0.1) is 24.9 Å². The maximum absolute atomic E-state index is 5.89. The SMILES string of the molecule is C=C(Cl)COC1COC2(CCNCC2)C1. The van der Waals surface area contributed by atoms with Gasteiger partial charge in [0, 0.05) is 11.5 Å². The van der Waals surface area contributed by atoms with Crippen molar-refractivity contribution in [1.82, 2.24) is 5.32 Å². The molecule has 2 rings (SSSR count). The molecule has 0 bridgehead atoms. The summed E-state index contributed by atoms with van der Waals surface area (Å²) in [6.45, 7) is 6.84. The predicted octanol–water partition coefficient (Wildman–Crippen LogP) is 1.67. The van der Waals surface area contributed by atoms with Crippen LogP contribution in [0.15, 0.2) is 11.6 Å². The number of nitrogens with one attached hydrogen (secondary N) is 1. The van der Waals surface area contributed by atoms with Gasteiger partial charge in [0.2, 0.25) is 0 Å². The predicted molar refractivity (Wildman–Crippen MR) is 60.1 cm³/mol. The van der Waals surface area contributed by atoms with E-state index >= 15 is 0 Å².